The monoisotopic (exact) mass is 356 g/mol. The molecule has 2 aliphatic heterocycles. The van der Waals surface area contributed by atoms with Crippen molar-refractivity contribution in [2.75, 3.05) is 33.4 Å². The van der Waals surface area contributed by atoms with Gasteiger partial charge in [0.15, 0.2) is 0 Å². The molecule has 1 aromatic rings. The Bertz CT molecular complexity index is 653. The molecule has 2 heterocycles. The van der Waals surface area contributed by atoms with Crippen LogP contribution in [0.3, 0.4) is 0 Å². The lowest BCUT2D eigenvalue weighted by Gasteiger charge is -2.22. The molecular formula is C17H19F3N2O3. The third-order valence-electron chi connectivity index (χ3n) is 4.80. The molecule has 0 aromatic heterocycles. The van der Waals surface area contributed by atoms with Crippen LogP contribution < -0.4 is 0 Å². The number of alkyl halides is 3. The zero-order valence-electron chi connectivity index (χ0n) is 13.8. The predicted molar refractivity (Wildman–Crippen MR) is 82.3 cm³/mol. The van der Waals surface area contributed by atoms with Crippen molar-refractivity contribution >= 4 is 11.8 Å². The lowest BCUT2D eigenvalue weighted by Crippen LogP contribution is -2.38. The Morgan fingerprint density at radius 1 is 1.12 bits per heavy atom. The summed E-state index contributed by atoms with van der Waals surface area (Å²) >= 11 is 0. The normalized spacial score (nSPS) is 24.2. The summed E-state index contributed by atoms with van der Waals surface area (Å²) in [5.41, 5.74) is -0.516. The summed E-state index contributed by atoms with van der Waals surface area (Å²) in [6.45, 7) is 1.16. The number of nitrogens with zero attached hydrogens (tertiary/aromatic N) is 2. The highest BCUT2D eigenvalue weighted by atomic mass is 19.4. The fraction of sp³-hybridized carbons (Fsp3) is 0.529. The Balaban J connectivity index is 1.70. The van der Waals surface area contributed by atoms with E-state index in [9.17, 15) is 22.8 Å². The van der Waals surface area contributed by atoms with Gasteiger partial charge < -0.3 is 4.74 Å². The van der Waals surface area contributed by atoms with Gasteiger partial charge in [-0.25, -0.2) is 0 Å². The number of likely N-dealkylation sites (tertiary alicyclic amines) is 2. The van der Waals surface area contributed by atoms with Gasteiger partial charge in [0.05, 0.1) is 30.6 Å². The Kier molecular flexibility index (Phi) is 4.83. The van der Waals surface area contributed by atoms with E-state index in [0.29, 0.717) is 13.1 Å². The fourth-order valence-corrected chi connectivity index (χ4v) is 3.60. The molecule has 0 N–H and O–H groups in total. The minimum Gasteiger partial charge on any atom is -0.383 e. The summed E-state index contributed by atoms with van der Waals surface area (Å²) < 4.78 is 44.2. The van der Waals surface area contributed by atoms with E-state index in [2.05, 4.69) is 0 Å². The van der Waals surface area contributed by atoms with Crippen molar-refractivity contribution in [2.24, 2.45) is 11.8 Å². The highest BCUT2D eigenvalue weighted by Gasteiger charge is 2.52. The van der Waals surface area contributed by atoms with Gasteiger partial charge in [-0.3, -0.25) is 19.4 Å². The Hall–Kier alpha value is -1.93. The largest absolute Gasteiger partial charge is 0.416 e. The highest BCUT2D eigenvalue weighted by molar-refractivity contribution is 6.05. The molecule has 2 amide bonds. The van der Waals surface area contributed by atoms with Gasteiger partial charge in [0, 0.05) is 26.7 Å². The van der Waals surface area contributed by atoms with E-state index in [1.54, 1.807) is 11.0 Å². The number of amides is 2. The summed E-state index contributed by atoms with van der Waals surface area (Å²) in [6.07, 6.45) is -4.42. The van der Waals surface area contributed by atoms with Gasteiger partial charge in [-0.15, -0.1) is 0 Å². The molecule has 0 aliphatic carbocycles. The topological polar surface area (TPSA) is 49.9 Å². The molecule has 0 spiro atoms. The first kappa shape index (κ1) is 17.9. The van der Waals surface area contributed by atoms with Crippen LogP contribution in [-0.4, -0.2) is 55.0 Å². The number of ether oxygens (including phenoxy) is 1. The van der Waals surface area contributed by atoms with Crippen molar-refractivity contribution < 1.29 is 27.5 Å². The predicted octanol–water partition coefficient (Wildman–Crippen LogP) is 1.77. The van der Waals surface area contributed by atoms with Gasteiger partial charge in [-0.05, 0) is 11.6 Å². The summed E-state index contributed by atoms with van der Waals surface area (Å²) in [5, 5.41) is 0. The molecule has 0 saturated carbocycles. The molecule has 1 aromatic carbocycles. The van der Waals surface area contributed by atoms with Crippen LogP contribution in [0.25, 0.3) is 0 Å². The fourth-order valence-electron chi connectivity index (χ4n) is 3.60. The maximum absolute atomic E-state index is 13.1. The first-order valence-corrected chi connectivity index (χ1v) is 8.04. The minimum absolute atomic E-state index is 0.0707. The molecule has 5 nitrogen and oxygen atoms in total. The highest BCUT2D eigenvalue weighted by Crippen LogP contribution is 2.36. The third kappa shape index (κ3) is 3.41. The number of carbonyl (C=O) groups is 2. The van der Waals surface area contributed by atoms with Gasteiger partial charge in [0.2, 0.25) is 11.8 Å². The van der Waals surface area contributed by atoms with Crippen LogP contribution in [0.5, 0.6) is 0 Å². The molecule has 2 saturated heterocycles. The summed E-state index contributed by atoms with van der Waals surface area (Å²) in [5.74, 6) is -1.44. The average Bonchev–Trinajstić information content (AvgIpc) is 3.06. The van der Waals surface area contributed by atoms with Crippen LogP contribution in [0.4, 0.5) is 13.2 Å². The van der Waals surface area contributed by atoms with E-state index in [1.807, 2.05) is 0 Å². The first-order valence-electron chi connectivity index (χ1n) is 8.04. The van der Waals surface area contributed by atoms with Crippen molar-refractivity contribution in [3.63, 3.8) is 0 Å². The second kappa shape index (κ2) is 6.76. The molecule has 136 valence electrons. The van der Waals surface area contributed by atoms with Gasteiger partial charge in [0.25, 0.3) is 0 Å². The number of rotatable bonds is 5. The van der Waals surface area contributed by atoms with Crippen LogP contribution in [-0.2, 0) is 27.0 Å². The van der Waals surface area contributed by atoms with E-state index >= 15 is 0 Å². The van der Waals surface area contributed by atoms with Crippen LogP contribution in [0, 0.1) is 11.8 Å². The van der Waals surface area contributed by atoms with E-state index in [4.69, 9.17) is 4.74 Å². The quantitative estimate of drug-likeness (QED) is 0.755. The first-order chi connectivity index (χ1) is 11.8. The number of fused-ring (bicyclic) bond motifs is 1. The summed E-state index contributed by atoms with van der Waals surface area (Å²) in [7, 11) is 1.49. The molecule has 3 rings (SSSR count). The maximum Gasteiger partial charge on any atom is 0.416 e. The van der Waals surface area contributed by atoms with Crippen LogP contribution in [0.15, 0.2) is 24.3 Å². The maximum atomic E-state index is 13.1. The molecule has 0 unspecified atom stereocenters. The van der Waals surface area contributed by atoms with Gasteiger partial charge in [-0.2, -0.15) is 13.2 Å². The Morgan fingerprint density at radius 3 is 2.28 bits per heavy atom. The smallest absolute Gasteiger partial charge is 0.383 e. The van der Waals surface area contributed by atoms with Crippen molar-refractivity contribution in [2.45, 2.75) is 12.7 Å². The number of methoxy groups -OCH3 is 1. The van der Waals surface area contributed by atoms with Crippen LogP contribution >= 0.6 is 0 Å². The van der Waals surface area contributed by atoms with Gasteiger partial charge in [0.1, 0.15) is 0 Å². The average molecular weight is 356 g/mol. The van der Waals surface area contributed by atoms with Crippen LogP contribution in [0.2, 0.25) is 0 Å². The lowest BCUT2D eigenvalue weighted by atomic mass is 10.00. The Labute approximate surface area is 143 Å². The number of halogens is 3. The van der Waals surface area contributed by atoms with Crippen LogP contribution in [0.1, 0.15) is 11.1 Å². The number of imide groups is 1. The molecular weight excluding hydrogens is 337 g/mol. The van der Waals surface area contributed by atoms with E-state index in [-0.39, 0.29) is 37.1 Å². The molecule has 0 bridgehead atoms. The zero-order valence-corrected chi connectivity index (χ0v) is 13.8. The molecule has 2 aliphatic rings. The number of benzene rings is 1. The SMILES string of the molecule is COCCN1C(=O)[C@H]2CN(Cc3ccccc3C(F)(F)F)C[C@H]2C1=O. The third-order valence-corrected chi connectivity index (χ3v) is 4.80. The summed E-state index contributed by atoms with van der Waals surface area (Å²) in [6, 6.07) is 5.40. The molecule has 2 fully saturated rings. The van der Waals surface area contributed by atoms with E-state index < -0.39 is 23.6 Å². The lowest BCUT2D eigenvalue weighted by molar-refractivity contribution is -0.142. The summed E-state index contributed by atoms with van der Waals surface area (Å²) in [4.78, 5) is 27.7. The molecule has 8 heteroatoms. The van der Waals surface area contributed by atoms with E-state index in [0.717, 1.165) is 6.07 Å². The molecule has 25 heavy (non-hydrogen) atoms. The van der Waals surface area contributed by atoms with Crippen molar-refractivity contribution in [3.8, 4) is 0 Å². The Morgan fingerprint density at radius 2 is 1.72 bits per heavy atom. The number of hydrogen-bond acceptors (Lipinski definition) is 4. The van der Waals surface area contributed by atoms with E-state index in [1.165, 1.54) is 24.1 Å². The number of carbonyl (C=O) groups excluding carboxylic acids is 2. The standard InChI is InChI=1S/C17H19F3N2O3/c1-25-7-6-22-15(23)12-9-21(10-13(12)16(22)24)8-11-4-2-3-5-14(11)17(18,19)20/h2-5,12-13H,6-10H2,1H3/t12-,13+. The number of hydrogen-bond donors (Lipinski definition) is 0. The second-order valence-corrected chi connectivity index (χ2v) is 6.38. The molecule has 2 atom stereocenters. The van der Waals surface area contributed by atoms with Crippen molar-refractivity contribution in [3.05, 3.63) is 35.4 Å². The minimum atomic E-state index is -4.42. The molecule has 0 radical (unpaired) electrons. The zero-order chi connectivity index (χ0) is 18.2. The van der Waals surface area contributed by atoms with Gasteiger partial charge >= 0.3 is 6.18 Å². The van der Waals surface area contributed by atoms with Crippen molar-refractivity contribution in [1.29, 1.82) is 0 Å². The second-order valence-electron chi connectivity index (χ2n) is 6.38. The van der Waals surface area contributed by atoms with Gasteiger partial charge in [-0.1, -0.05) is 18.2 Å². The van der Waals surface area contributed by atoms with Crippen molar-refractivity contribution in [1.82, 2.24) is 9.80 Å².